The molecule has 0 aliphatic carbocycles. The van der Waals surface area contributed by atoms with Crippen molar-refractivity contribution in [3.05, 3.63) is 47.5 Å². The molecule has 1 heteroatoms. The van der Waals surface area contributed by atoms with E-state index in [0.717, 1.165) is 25.7 Å². The van der Waals surface area contributed by atoms with E-state index in [-0.39, 0.29) is 0 Å². The summed E-state index contributed by atoms with van der Waals surface area (Å²) in [6.45, 7) is 2.48. The summed E-state index contributed by atoms with van der Waals surface area (Å²) < 4.78 is 0. The van der Waals surface area contributed by atoms with Crippen LogP contribution in [-0.2, 0) is 6.42 Å². The molecule has 1 N–H and O–H groups in total. The largest absolute Gasteiger partial charge is 0.396 e. The van der Waals surface area contributed by atoms with Crippen LogP contribution in [0.25, 0.3) is 0 Å². The van der Waals surface area contributed by atoms with E-state index in [4.69, 9.17) is 5.11 Å². The van der Waals surface area contributed by atoms with Crippen molar-refractivity contribution in [2.24, 2.45) is 0 Å². The zero-order valence-corrected chi connectivity index (χ0v) is 9.45. The zero-order valence-electron chi connectivity index (χ0n) is 9.45. The van der Waals surface area contributed by atoms with Crippen molar-refractivity contribution in [3.8, 4) is 0 Å². The summed E-state index contributed by atoms with van der Waals surface area (Å²) >= 11 is 0. The first-order valence-electron chi connectivity index (χ1n) is 5.69. The lowest BCUT2D eigenvalue weighted by atomic mass is 10.0. The molecular formula is C14H20O. The third-order valence-electron chi connectivity index (χ3n) is 2.52. The van der Waals surface area contributed by atoms with E-state index in [1.54, 1.807) is 0 Å². The number of aliphatic hydroxyl groups excluding tert-OH is 1. The van der Waals surface area contributed by atoms with Gasteiger partial charge in [-0.15, -0.1) is 0 Å². The number of rotatable bonds is 6. The number of hydrogen-bond donors (Lipinski definition) is 1. The fourth-order valence-corrected chi connectivity index (χ4v) is 1.60. The van der Waals surface area contributed by atoms with Gasteiger partial charge in [-0.05, 0) is 31.2 Å². The fraction of sp³-hybridized carbons (Fsp3) is 0.429. The molecule has 0 bridgehead atoms. The average molecular weight is 204 g/mol. The molecular weight excluding hydrogens is 184 g/mol. The van der Waals surface area contributed by atoms with E-state index in [9.17, 15) is 0 Å². The van der Waals surface area contributed by atoms with Crippen molar-refractivity contribution in [3.63, 3.8) is 0 Å². The van der Waals surface area contributed by atoms with E-state index in [1.807, 2.05) is 6.07 Å². The number of aliphatic hydroxyl groups is 1. The maximum Gasteiger partial charge on any atom is 0.0433 e. The van der Waals surface area contributed by atoms with Crippen LogP contribution in [0.3, 0.4) is 0 Å². The van der Waals surface area contributed by atoms with Crippen molar-refractivity contribution < 1.29 is 5.11 Å². The minimum atomic E-state index is 0.291. The van der Waals surface area contributed by atoms with Crippen molar-refractivity contribution >= 4 is 0 Å². The van der Waals surface area contributed by atoms with E-state index in [0.29, 0.717) is 6.61 Å². The lowest BCUT2D eigenvalue weighted by Gasteiger charge is -2.04. The van der Waals surface area contributed by atoms with Crippen molar-refractivity contribution in [2.45, 2.75) is 32.6 Å². The molecule has 0 unspecified atom stereocenters. The van der Waals surface area contributed by atoms with Crippen molar-refractivity contribution in [1.29, 1.82) is 0 Å². The molecule has 0 spiro atoms. The van der Waals surface area contributed by atoms with Crippen LogP contribution in [-0.4, -0.2) is 11.7 Å². The SMILES string of the molecule is CC/C(=C/CCCO)Cc1ccccc1. The van der Waals surface area contributed by atoms with Gasteiger partial charge in [0.2, 0.25) is 0 Å². The van der Waals surface area contributed by atoms with Crippen LogP contribution in [0.2, 0.25) is 0 Å². The van der Waals surface area contributed by atoms with E-state index < -0.39 is 0 Å². The van der Waals surface area contributed by atoms with Gasteiger partial charge in [0.1, 0.15) is 0 Å². The predicted molar refractivity (Wildman–Crippen MR) is 64.8 cm³/mol. The van der Waals surface area contributed by atoms with Crippen LogP contribution in [0.15, 0.2) is 42.0 Å². The first-order valence-corrected chi connectivity index (χ1v) is 5.69. The molecule has 0 heterocycles. The highest BCUT2D eigenvalue weighted by molar-refractivity contribution is 5.21. The molecule has 82 valence electrons. The van der Waals surface area contributed by atoms with Crippen LogP contribution >= 0.6 is 0 Å². The number of unbranched alkanes of at least 4 members (excludes halogenated alkanes) is 1. The van der Waals surface area contributed by atoms with Crippen molar-refractivity contribution in [2.75, 3.05) is 6.61 Å². The Morgan fingerprint density at radius 1 is 1.27 bits per heavy atom. The highest BCUT2D eigenvalue weighted by atomic mass is 16.2. The molecule has 1 aromatic carbocycles. The zero-order chi connectivity index (χ0) is 10.9. The third-order valence-corrected chi connectivity index (χ3v) is 2.52. The molecule has 1 nitrogen and oxygen atoms in total. The summed E-state index contributed by atoms with van der Waals surface area (Å²) in [5.41, 5.74) is 2.84. The van der Waals surface area contributed by atoms with Gasteiger partial charge in [-0.25, -0.2) is 0 Å². The van der Waals surface area contributed by atoms with Gasteiger partial charge < -0.3 is 5.11 Å². The van der Waals surface area contributed by atoms with Gasteiger partial charge in [-0.2, -0.15) is 0 Å². The Hall–Kier alpha value is -1.08. The maximum absolute atomic E-state index is 8.71. The van der Waals surface area contributed by atoms with Crippen LogP contribution in [0, 0.1) is 0 Å². The Morgan fingerprint density at radius 2 is 2.00 bits per heavy atom. The summed E-state index contributed by atoms with van der Waals surface area (Å²) in [5.74, 6) is 0. The Morgan fingerprint density at radius 3 is 2.60 bits per heavy atom. The van der Waals surface area contributed by atoms with E-state index in [2.05, 4.69) is 37.3 Å². The lowest BCUT2D eigenvalue weighted by molar-refractivity contribution is 0.289. The normalized spacial score (nSPS) is 11.7. The molecule has 0 aromatic heterocycles. The van der Waals surface area contributed by atoms with Crippen molar-refractivity contribution in [1.82, 2.24) is 0 Å². The second-order valence-corrected chi connectivity index (χ2v) is 3.74. The topological polar surface area (TPSA) is 20.2 Å². The standard InChI is InChI=1S/C14H20O/c1-2-13(8-6-7-11-15)12-14-9-4-3-5-10-14/h3-5,8-10,15H,2,6-7,11-12H2,1H3/b13-8-. The minimum Gasteiger partial charge on any atom is -0.396 e. The molecule has 0 atom stereocenters. The van der Waals surface area contributed by atoms with Crippen LogP contribution in [0.4, 0.5) is 0 Å². The highest BCUT2D eigenvalue weighted by Crippen LogP contribution is 2.12. The van der Waals surface area contributed by atoms with Gasteiger partial charge in [0.05, 0.1) is 0 Å². The highest BCUT2D eigenvalue weighted by Gasteiger charge is 1.96. The van der Waals surface area contributed by atoms with Gasteiger partial charge in [-0.3, -0.25) is 0 Å². The second-order valence-electron chi connectivity index (χ2n) is 3.74. The average Bonchev–Trinajstić information content (AvgIpc) is 2.29. The minimum absolute atomic E-state index is 0.291. The molecule has 1 aromatic rings. The molecule has 1 rings (SSSR count). The fourth-order valence-electron chi connectivity index (χ4n) is 1.60. The van der Waals surface area contributed by atoms with Crippen LogP contribution in [0.5, 0.6) is 0 Å². The van der Waals surface area contributed by atoms with E-state index >= 15 is 0 Å². The van der Waals surface area contributed by atoms with Crippen LogP contribution < -0.4 is 0 Å². The molecule has 0 amide bonds. The Kier molecular flexibility index (Phi) is 5.79. The maximum atomic E-state index is 8.71. The van der Waals surface area contributed by atoms with Gasteiger partial charge in [0, 0.05) is 6.61 Å². The molecule has 0 radical (unpaired) electrons. The number of benzene rings is 1. The third kappa shape index (κ3) is 4.80. The molecule has 15 heavy (non-hydrogen) atoms. The summed E-state index contributed by atoms with van der Waals surface area (Å²) in [7, 11) is 0. The monoisotopic (exact) mass is 204 g/mol. The van der Waals surface area contributed by atoms with Crippen LogP contribution in [0.1, 0.15) is 31.7 Å². The summed E-state index contributed by atoms with van der Waals surface area (Å²) in [6, 6.07) is 10.5. The Labute approximate surface area is 92.5 Å². The van der Waals surface area contributed by atoms with E-state index in [1.165, 1.54) is 11.1 Å². The Balaban J connectivity index is 2.50. The number of hydrogen-bond acceptors (Lipinski definition) is 1. The first-order chi connectivity index (χ1) is 7.36. The first kappa shape index (κ1) is 12.0. The molecule has 0 saturated carbocycles. The summed E-state index contributed by atoms with van der Waals surface area (Å²) in [5, 5.41) is 8.71. The summed E-state index contributed by atoms with van der Waals surface area (Å²) in [4.78, 5) is 0. The summed E-state index contributed by atoms with van der Waals surface area (Å²) in [6.07, 6.45) is 6.27. The molecule has 0 aliphatic rings. The predicted octanol–water partition coefficient (Wildman–Crippen LogP) is 3.34. The van der Waals surface area contributed by atoms with Gasteiger partial charge >= 0.3 is 0 Å². The number of allylic oxidation sites excluding steroid dienone is 2. The molecule has 0 fully saturated rings. The quantitative estimate of drug-likeness (QED) is 0.556. The van der Waals surface area contributed by atoms with Gasteiger partial charge in [0.25, 0.3) is 0 Å². The lowest BCUT2D eigenvalue weighted by Crippen LogP contribution is -1.90. The van der Waals surface area contributed by atoms with Gasteiger partial charge in [-0.1, -0.05) is 48.9 Å². The Bertz CT molecular complexity index is 287. The molecule has 0 aliphatic heterocycles. The van der Waals surface area contributed by atoms with Gasteiger partial charge in [0.15, 0.2) is 0 Å². The molecule has 0 saturated heterocycles. The second kappa shape index (κ2) is 7.24. The smallest absolute Gasteiger partial charge is 0.0433 e.